The molecule has 4 heterocycles. The Morgan fingerprint density at radius 1 is 1.07 bits per heavy atom. The number of carbonyl (C=O) groups excluding carboxylic acids is 2. The Kier molecular flexibility index (Phi) is 5.86. The van der Waals surface area contributed by atoms with E-state index in [2.05, 4.69) is 15.0 Å². The van der Waals surface area contributed by atoms with Gasteiger partial charge in [0.25, 0.3) is 11.8 Å². The topological polar surface area (TPSA) is 88.5 Å². The van der Waals surface area contributed by atoms with Gasteiger partial charge in [0.2, 0.25) is 0 Å². The van der Waals surface area contributed by atoms with Crippen LogP contribution >= 0.6 is 11.3 Å². The Morgan fingerprint density at radius 3 is 2.55 bits per heavy atom. The molecule has 2 saturated heterocycles. The molecule has 2 amide bonds. The maximum absolute atomic E-state index is 13.1. The summed E-state index contributed by atoms with van der Waals surface area (Å²) >= 11 is 1.37. The van der Waals surface area contributed by atoms with Crippen LogP contribution in [0.1, 0.15) is 62.5 Å². The van der Waals surface area contributed by atoms with Crippen molar-refractivity contribution in [3.63, 3.8) is 0 Å². The first-order valence-electron chi connectivity index (χ1n) is 9.98. The maximum Gasteiger partial charge on any atom is 0.266 e. The minimum absolute atomic E-state index is 0.00979. The number of amides is 2. The average molecular weight is 416 g/mol. The Labute approximate surface area is 173 Å². The van der Waals surface area contributed by atoms with Crippen molar-refractivity contribution >= 4 is 23.2 Å². The highest BCUT2D eigenvalue weighted by Gasteiger charge is 2.32. The molecule has 0 saturated carbocycles. The molecule has 2 aromatic rings. The first kappa shape index (κ1) is 19.9. The number of aryl methyl sites for hydroxylation is 2. The molecule has 2 fully saturated rings. The quantitative estimate of drug-likeness (QED) is 0.765. The normalized spacial score (nSPS) is 20.0. The largest absolute Gasteiger partial charge is 0.378 e. The highest BCUT2D eigenvalue weighted by molar-refractivity contribution is 7.11. The molecule has 0 unspecified atom stereocenters. The van der Waals surface area contributed by atoms with Gasteiger partial charge in [0.15, 0.2) is 5.82 Å². The predicted octanol–water partition coefficient (Wildman–Crippen LogP) is 2.39. The van der Waals surface area contributed by atoms with Gasteiger partial charge in [-0.1, -0.05) is 0 Å². The third kappa shape index (κ3) is 4.02. The Balaban J connectivity index is 1.57. The van der Waals surface area contributed by atoms with Crippen LogP contribution in [0.25, 0.3) is 0 Å². The fourth-order valence-electron chi connectivity index (χ4n) is 3.87. The molecule has 0 aromatic carbocycles. The molecule has 2 aromatic heterocycles. The molecule has 154 valence electrons. The molecule has 0 radical (unpaired) electrons. The van der Waals surface area contributed by atoms with E-state index in [9.17, 15) is 9.59 Å². The lowest BCUT2D eigenvalue weighted by Crippen LogP contribution is -2.41. The van der Waals surface area contributed by atoms with Crippen LogP contribution in [0.2, 0.25) is 0 Å². The lowest BCUT2D eigenvalue weighted by atomic mass is 10.0. The highest BCUT2D eigenvalue weighted by Crippen LogP contribution is 2.31. The van der Waals surface area contributed by atoms with Crippen LogP contribution in [0.5, 0.6) is 0 Å². The standard InChI is InChI=1S/C20H25N5O3S/c1-13-15(19(26)24-7-9-28-10-8-24)11-21-18(23-13)16-5-3-4-6-25(16)20(27)17-14(2)22-12-29-17/h11-12,16H,3-10H2,1-2H3/t16-/m0/s1. The Morgan fingerprint density at radius 2 is 1.86 bits per heavy atom. The number of ether oxygens (including phenoxy) is 1. The van der Waals surface area contributed by atoms with Gasteiger partial charge in [0.05, 0.1) is 41.7 Å². The second kappa shape index (κ2) is 8.54. The van der Waals surface area contributed by atoms with Crippen LogP contribution < -0.4 is 0 Å². The summed E-state index contributed by atoms with van der Waals surface area (Å²) in [5.74, 6) is 0.537. The zero-order chi connectivity index (χ0) is 20.4. The van der Waals surface area contributed by atoms with Crippen LogP contribution in [0.3, 0.4) is 0 Å². The lowest BCUT2D eigenvalue weighted by Gasteiger charge is -2.34. The van der Waals surface area contributed by atoms with Crippen molar-refractivity contribution in [2.45, 2.75) is 39.2 Å². The lowest BCUT2D eigenvalue weighted by molar-refractivity contribution is 0.0301. The molecule has 0 aliphatic carbocycles. The third-order valence-electron chi connectivity index (χ3n) is 5.53. The number of morpholine rings is 1. The van der Waals surface area contributed by atoms with Gasteiger partial charge in [-0.2, -0.15) is 0 Å². The summed E-state index contributed by atoms with van der Waals surface area (Å²) in [5.41, 5.74) is 3.63. The van der Waals surface area contributed by atoms with Crippen molar-refractivity contribution in [3.05, 3.63) is 39.4 Å². The SMILES string of the molecule is Cc1nc([C@@H]2CCCCN2C(=O)c2scnc2C)ncc1C(=O)N1CCOCC1. The second-order valence-corrected chi connectivity index (χ2v) is 8.26. The number of hydrogen-bond acceptors (Lipinski definition) is 7. The van der Waals surface area contributed by atoms with E-state index in [1.807, 2.05) is 18.7 Å². The van der Waals surface area contributed by atoms with E-state index in [0.717, 1.165) is 25.0 Å². The molecule has 8 nitrogen and oxygen atoms in total. The molecular weight excluding hydrogens is 390 g/mol. The Hall–Kier alpha value is -2.39. The van der Waals surface area contributed by atoms with Crippen molar-refractivity contribution in [1.29, 1.82) is 0 Å². The molecule has 4 rings (SSSR count). The van der Waals surface area contributed by atoms with E-state index in [0.29, 0.717) is 54.8 Å². The van der Waals surface area contributed by atoms with E-state index in [-0.39, 0.29) is 17.9 Å². The molecule has 0 N–H and O–H groups in total. The van der Waals surface area contributed by atoms with Gasteiger partial charge in [-0.25, -0.2) is 15.0 Å². The van der Waals surface area contributed by atoms with Gasteiger partial charge in [-0.15, -0.1) is 11.3 Å². The predicted molar refractivity (Wildman–Crippen MR) is 108 cm³/mol. The number of aromatic nitrogens is 3. The maximum atomic E-state index is 13.1. The summed E-state index contributed by atoms with van der Waals surface area (Å²) in [5, 5.41) is 0. The van der Waals surface area contributed by atoms with Crippen molar-refractivity contribution in [3.8, 4) is 0 Å². The summed E-state index contributed by atoms with van der Waals surface area (Å²) < 4.78 is 5.32. The minimum atomic E-state index is -0.177. The number of rotatable bonds is 3. The second-order valence-electron chi connectivity index (χ2n) is 7.41. The average Bonchev–Trinajstić information content (AvgIpc) is 3.19. The summed E-state index contributed by atoms with van der Waals surface area (Å²) in [6, 6.07) is -0.177. The first-order chi connectivity index (χ1) is 14.1. The monoisotopic (exact) mass is 415 g/mol. The highest BCUT2D eigenvalue weighted by atomic mass is 32.1. The molecule has 0 bridgehead atoms. The fraction of sp³-hybridized carbons (Fsp3) is 0.550. The zero-order valence-electron chi connectivity index (χ0n) is 16.8. The smallest absolute Gasteiger partial charge is 0.266 e. The number of thiazole rings is 1. The van der Waals surface area contributed by atoms with Crippen molar-refractivity contribution in [2.24, 2.45) is 0 Å². The minimum Gasteiger partial charge on any atom is -0.378 e. The molecule has 1 atom stereocenters. The molecule has 29 heavy (non-hydrogen) atoms. The Bertz CT molecular complexity index is 909. The van der Waals surface area contributed by atoms with Gasteiger partial charge in [-0.05, 0) is 33.1 Å². The van der Waals surface area contributed by atoms with Crippen molar-refractivity contribution in [1.82, 2.24) is 24.8 Å². The van der Waals surface area contributed by atoms with E-state index < -0.39 is 0 Å². The molecular formula is C20H25N5O3S. The van der Waals surface area contributed by atoms with Crippen LogP contribution in [-0.2, 0) is 4.74 Å². The zero-order valence-corrected chi connectivity index (χ0v) is 17.6. The number of carbonyl (C=O) groups is 2. The number of likely N-dealkylation sites (tertiary alicyclic amines) is 1. The summed E-state index contributed by atoms with van der Waals surface area (Å²) in [4.78, 5) is 43.6. The fourth-order valence-corrected chi connectivity index (χ4v) is 4.63. The van der Waals surface area contributed by atoms with Gasteiger partial charge in [0, 0.05) is 25.8 Å². The first-order valence-corrected chi connectivity index (χ1v) is 10.9. The van der Waals surface area contributed by atoms with Crippen LogP contribution in [0.4, 0.5) is 0 Å². The molecule has 0 spiro atoms. The third-order valence-corrected chi connectivity index (χ3v) is 6.44. The van der Waals surface area contributed by atoms with Crippen LogP contribution in [0.15, 0.2) is 11.7 Å². The van der Waals surface area contributed by atoms with Crippen LogP contribution in [-0.4, -0.2) is 69.4 Å². The molecule has 2 aliphatic rings. The summed E-state index contributed by atoms with van der Waals surface area (Å²) in [6.45, 7) is 6.65. The number of hydrogen-bond donors (Lipinski definition) is 0. The summed E-state index contributed by atoms with van der Waals surface area (Å²) in [7, 11) is 0. The van der Waals surface area contributed by atoms with Gasteiger partial charge >= 0.3 is 0 Å². The van der Waals surface area contributed by atoms with E-state index >= 15 is 0 Å². The number of nitrogens with zero attached hydrogens (tertiary/aromatic N) is 5. The van der Waals surface area contributed by atoms with Gasteiger partial charge in [0.1, 0.15) is 4.88 Å². The van der Waals surface area contributed by atoms with Crippen molar-refractivity contribution < 1.29 is 14.3 Å². The summed E-state index contributed by atoms with van der Waals surface area (Å²) in [6.07, 6.45) is 4.42. The van der Waals surface area contributed by atoms with Crippen molar-refractivity contribution in [2.75, 3.05) is 32.8 Å². The molecule has 9 heteroatoms. The number of piperidine rings is 1. The van der Waals surface area contributed by atoms with E-state index in [4.69, 9.17) is 4.74 Å². The molecule has 2 aliphatic heterocycles. The van der Waals surface area contributed by atoms with E-state index in [1.54, 1.807) is 16.6 Å². The van der Waals surface area contributed by atoms with E-state index in [1.165, 1.54) is 11.3 Å². The van der Waals surface area contributed by atoms with Crippen LogP contribution in [0, 0.1) is 13.8 Å². The van der Waals surface area contributed by atoms with Gasteiger partial charge < -0.3 is 14.5 Å². The van der Waals surface area contributed by atoms with Gasteiger partial charge in [-0.3, -0.25) is 9.59 Å².